The molecule has 0 aliphatic carbocycles. The zero-order valence-electron chi connectivity index (χ0n) is 10.4. The normalized spacial score (nSPS) is 10.9. The van der Waals surface area contributed by atoms with Crippen molar-refractivity contribution in [2.45, 2.75) is 19.9 Å². The molecule has 0 spiro atoms. The van der Waals surface area contributed by atoms with E-state index in [1.54, 1.807) is 24.1 Å². The minimum absolute atomic E-state index is 0.0604. The molecule has 2 aromatic rings. The Morgan fingerprint density at radius 3 is 2.72 bits per heavy atom. The third-order valence-electron chi connectivity index (χ3n) is 2.40. The van der Waals surface area contributed by atoms with E-state index in [1.165, 1.54) is 10.9 Å². The second-order valence-electron chi connectivity index (χ2n) is 4.22. The van der Waals surface area contributed by atoms with E-state index in [4.69, 9.17) is 0 Å². The van der Waals surface area contributed by atoms with Crippen LogP contribution in [0.1, 0.15) is 19.9 Å². The zero-order valence-corrected chi connectivity index (χ0v) is 10.4. The summed E-state index contributed by atoms with van der Waals surface area (Å²) in [6.45, 7) is 4.00. The molecule has 0 atom stereocenters. The first-order chi connectivity index (χ1) is 8.47. The fourth-order valence-corrected chi connectivity index (χ4v) is 1.52. The van der Waals surface area contributed by atoms with Crippen LogP contribution in [0.15, 0.2) is 18.6 Å². The van der Waals surface area contributed by atoms with E-state index in [-0.39, 0.29) is 17.5 Å². The molecule has 2 aromatic heterocycles. The molecule has 0 aromatic carbocycles. The largest absolute Gasteiger partial charge is 0.331 e. The highest BCUT2D eigenvalue weighted by Crippen LogP contribution is 2.25. The van der Waals surface area contributed by atoms with Gasteiger partial charge in [-0.3, -0.25) is 19.5 Å². The van der Waals surface area contributed by atoms with Crippen molar-refractivity contribution in [3.8, 4) is 0 Å². The van der Waals surface area contributed by atoms with Crippen molar-refractivity contribution in [1.29, 1.82) is 0 Å². The van der Waals surface area contributed by atoms with Crippen molar-refractivity contribution < 1.29 is 4.92 Å². The van der Waals surface area contributed by atoms with E-state index in [0.29, 0.717) is 5.69 Å². The first-order valence-corrected chi connectivity index (χ1v) is 5.46. The Kier molecular flexibility index (Phi) is 3.00. The summed E-state index contributed by atoms with van der Waals surface area (Å²) >= 11 is 0. The highest BCUT2D eigenvalue weighted by molar-refractivity contribution is 5.63. The molecule has 0 amide bonds. The lowest BCUT2D eigenvalue weighted by molar-refractivity contribution is -0.384. The van der Waals surface area contributed by atoms with E-state index >= 15 is 0 Å². The van der Waals surface area contributed by atoms with E-state index in [2.05, 4.69) is 15.5 Å². The molecule has 8 heteroatoms. The summed E-state index contributed by atoms with van der Waals surface area (Å²) in [5, 5.41) is 21.9. The van der Waals surface area contributed by atoms with Gasteiger partial charge in [-0.2, -0.15) is 5.10 Å². The summed E-state index contributed by atoms with van der Waals surface area (Å²) in [7, 11) is 1.63. The Bertz CT molecular complexity index is 571. The molecule has 0 radical (unpaired) electrons. The Hall–Kier alpha value is -2.38. The van der Waals surface area contributed by atoms with Gasteiger partial charge in [0, 0.05) is 19.3 Å². The van der Waals surface area contributed by atoms with Gasteiger partial charge in [-0.25, -0.2) is 0 Å². The van der Waals surface area contributed by atoms with Gasteiger partial charge in [0.1, 0.15) is 6.20 Å². The Labute approximate surface area is 103 Å². The lowest BCUT2D eigenvalue weighted by Gasteiger charge is -2.03. The average Bonchev–Trinajstić information content (AvgIpc) is 2.86. The molecule has 96 valence electrons. The molecule has 18 heavy (non-hydrogen) atoms. The lowest BCUT2D eigenvalue weighted by atomic mass is 10.4. The van der Waals surface area contributed by atoms with Crippen LogP contribution in [0.5, 0.6) is 0 Å². The van der Waals surface area contributed by atoms with E-state index in [1.807, 2.05) is 13.8 Å². The summed E-state index contributed by atoms with van der Waals surface area (Å²) in [6, 6.07) is 0.235. The standard InChI is InChI=1S/C10H14N6O2/c1-7(2)15-5-8(4-11-15)12-10-9(16(17)18)6-14(3)13-10/h4-7H,1-3H3,(H,12,13). The average molecular weight is 250 g/mol. The maximum absolute atomic E-state index is 10.8. The molecule has 2 rings (SSSR count). The topological polar surface area (TPSA) is 90.8 Å². The van der Waals surface area contributed by atoms with Crippen LogP contribution in [0.25, 0.3) is 0 Å². The SMILES string of the molecule is CC(C)n1cc(Nc2nn(C)cc2[N+](=O)[O-])cn1. The minimum atomic E-state index is -0.470. The molecule has 0 saturated heterocycles. The summed E-state index contributed by atoms with van der Waals surface area (Å²) in [4.78, 5) is 10.4. The summed E-state index contributed by atoms with van der Waals surface area (Å²) in [5.41, 5.74) is 0.611. The van der Waals surface area contributed by atoms with Gasteiger partial charge in [-0.05, 0) is 13.8 Å². The van der Waals surface area contributed by atoms with Crippen LogP contribution in [-0.2, 0) is 7.05 Å². The molecule has 0 unspecified atom stereocenters. The van der Waals surface area contributed by atoms with Crippen LogP contribution in [0.2, 0.25) is 0 Å². The molecule has 1 N–H and O–H groups in total. The van der Waals surface area contributed by atoms with Crippen molar-refractivity contribution in [3.05, 3.63) is 28.7 Å². The molecular formula is C10H14N6O2. The monoisotopic (exact) mass is 250 g/mol. The highest BCUT2D eigenvalue weighted by atomic mass is 16.6. The van der Waals surface area contributed by atoms with Crippen LogP contribution in [0.3, 0.4) is 0 Å². The quantitative estimate of drug-likeness (QED) is 0.660. The maximum Gasteiger partial charge on any atom is 0.331 e. The van der Waals surface area contributed by atoms with Crippen molar-refractivity contribution in [2.24, 2.45) is 7.05 Å². The maximum atomic E-state index is 10.8. The first-order valence-electron chi connectivity index (χ1n) is 5.46. The van der Waals surface area contributed by atoms with Crippen molar-refractivity contribution in [1.82, 2.24) is 19.6 Å². The molecule has 0 saturated carbocycles. The van der Waals surface area contributed by atoms with E-state index in [9.17, 15) is 10.1 Å². The van der Waals surface area contributed by atoms with Crippen molar-refractivity contribution >= 4 is 17.2 Å². The van der Waals surface area contributed by atoms with Gasteiger partial charge in [0.25, 0.3) is 0 Å². The first kappa shape index (κ1) is 12.1. The minimum Gasteiger partial charge on any atom is -0.330 e. The number of hydrogen-bond donors (Lipinski definition) is 1. The van der Waals surface area contributed by atoms with Crippen LogP contribution in [-0.4, -0.2) is 24.5 Å². The van der Waals surface area contributed by atoms with Gasteiger partial charge in [0.15, 0.2) is 0 Å². The number of rotatable bonds is 4. The number of nitrogens with one attached hydrogen (secondary N) is 1. The van der Waals surface area contributed by atoms with Crippen molar-refractivity contribution in [3.63, 3.8) is 0 Å². The van der Waals surface area contributed by atoms with Crippen LogP contribution in [0, 0.1) is 10.1 Å². The summed E-state index contributed by atoms with van der Waals surface area (Å²) < 4.78 is 3.16. The molecule has 0 bridgehead atoms. The Morgan fingerprint density at radius 1 is 1.44 bits per heavy atom. The number of anilines is 2. The third kappa shape index (κ3) is 2.31. The van der Waals surface area contributed by atoms with Gasteiger partial charge in [0.2, 0.25) is 5.82 Å². The predicted octanol–water partition coefficient (Wildman–Crippen LogP) is 1.85. The fourth-order valence-electron chi connectivity index (χ4n) is 1.52. The number of nitrogens with zero attached hydrogens (tertiary/aromatic N) is 5. The molecule has 8 nitrogen and oxygen atoms in total. The van der Waals surface area contributed by atoms with Crippen LogP contribution < -0.4 is 5.32 Å². The van der Waals surface area contributed by atoms with Crippen molar-refractivity contribution in [2.75, 3.05) is 5.32 Å². The highest BCUT2D eigenvalue weighted by Gasteiger charge is 2.18. The molecular weight excluding hydrogens is 236 g/mol. The Balaban J connectivity index is 2.25. The number of aromatic nitrogens is 4. The van der Waals surface area contributed by atoms with Crippen LogP contribution >= 0.6 is 0 Å². The number of nitro groups is 1. The van der Waals surface area contributed by atoms with E-state index < -0.39 is 4.92 Å². The third-order valence-corrected chi connectivity index (χ3v) is 2.40. The molecule has 2 heterocycles. The number of aryl methyl sites for hydroxylation is 1. The van der Waals surface area contributed by atoms with Gasteiger partial charge >= 0.3 is 5.69 Å². The van der Waals surface area contributed by atoms with Gasteiger partial charge in [-0.1, -0.05) is 0 Å². The lowest BCUT2D eigenvalue weighted by Crippen LogP contribution is -2.00. The van der Waals surface area contributed by atoms with Gasteiger partial charge in [0.05, 0.1) is 16.8 Å². The molecule has 0 aliphatic heterocycles. The van der Waals surface area contributed by atoms with E-state index in [0.717, 1.165) is 0 Å². The summed E-state index contributed by atoms with van der Waals surface area (Å²) in [6.07, 6.45) is 4.75. The summed E-state index contributed by atoms with van der Waals surface area (Å²) in [5.74, 6) is 0.214. The van der Waals surface area contributed by atoms with Gasteiger partial charge in [-0.15, -0.1) is 5.10 Å². The Morgan fingerprint density at radius 2 is 2.17 bits per heavy atom. The number of hydrogen-bond acceptors (Lipinski definition) is 5. The molecule has 0 fully saturated rings. The molecule has 0 aliphatic rings. The smallest absolute Gasteiger partial charge is 0.330 e. The van der Waals surface area contributed by atoms with Crippen LogP contribution in [0.4, 0.5) is 17.2 Å². The van der Waals surface area contributed by atoms with Gasteiger partial charge < -0.3 is 5.32 Å². The second kappa shape index (κ2) is 4.47. The fraction of sp³-hybridized carbons (Fsp3) is 0.400. The predicted molar refractivity (Wildman–Crippen MR) is 65.8 cm³/mol. The second-order valence-corrected chi connectivity index (χ2v) is 4.22. The zero-order chi connectivity index (χ0) is 13.3.